The molecular weight excluding hydrogens is 285 g/mol. The first kappa shape index (κ1) is 14.9. The maximum Gasteiger partial charge on any atom is 0.246 e. The van der Waals surface area contributed by atoms with Crippen LogP contribution in [0.2, 0.25) is 0 Å². The molecule has 1 aromatic rings. The molecule has 1 heterocycles. The van der Waals surface area contributed by atoms with Gasteiger partial charge in [-0.2, -0.15) is 4.31 Å². The van der Waals surface area contributed by atoms with Gasteiger partial charge in [0.1, 0.15) is 10.7 Å². The van der Waals surface area contributed by atoms with Gasteiger partial charge in [0.2, 0.25) is 15.9 Å². The summed E-state index contributed by atoms with van der Waals surface area (Å²) in [6, 6.07) is 5.30. The third-order valence-electron chi connectivity index (χ3n) is 3.17. The molecule has 0 aromatic heterocycles. The van der Waals surface area contributed by atoms with E-state index < -0.39 is 21.7 Å². The predicted octanol–water partition coefficient (Wildman–Crippen LogP) is -0.383. The van der Waals surface area contributed by atoms with Gasteiger partial charge in [0.05, 0.1) is 6.54 Å². The summed E-state index contributed by atoms with van der Waals surface area (Å²) in [5.41, 5.74) is 5.09. The Morgan fingerprint density at radius 1 is 1.20 bits per heavy atom. The van der Waals surface area contributed by atoms with Gasteiger partial charge in [0, 0.05) is 26.2 Å². The van der Waals surface area contributed by atoms with Crippen molar-refractivity contribution in [3.05, 3.63) is 30.1 Å². The molecule has 1 aliphatic rings. The highest BCUT2D eigenvalue weighted by Crippen LogP contribution is 2.20. The first-order chi connectivity index (χ1) is 9.41. The number of amides is 1. The second-order valence-electron chi connectivity index (χ2n) is 4.58. The minimum Gasteiger partial charge on any atom is -0.369 e. The van der Waals surface area contributed by atoms with Crippen LogP contribution < -0.4 is 5.73 Å². The van der Waals surface area contributed by atoms with E-state index >= 15 is 0 Å². The molecule has 0 radical (unpaired) electrons. The van der Waals surface area contributed by atoms with Crippen LogP contribution in [0.4, 0.5) is 4.39 Å². The fourth-order valence-corrected chi connectivity index (χ4v) is 3.63. The maximum atomic E-state index is 13.6. The molecule has 6 nitrogen and oxygen atoms in total. The second kappa shape index (κ2) is 5.86. The summed E-state index contributed by atoms with van der Waals surface area (Å²) < 4.78 is 39.5. The Balaban J connectivity index is 2.10. The summed E-state index contributed by atoms with van der Waals surface area (Å²) in [6.07, 6.45) is 0. The van der Waals surface area contributed by atoms with E-state index in [1.54, 1.807) is 4.90 Å². The van der Waals surface area contributed by atoms with Crippen LogP contribution in [0.25, 0.3) is 0 Å². The highest BCUT2D eigenvalue weighted by Gasteiger charge is 2.30. The van der Waals surface area contributed by atoms with Crippen LogP contribution in [0.3, 0.4) is 0 Å². The van der Waals surface area contributed by atoms with E-state index in [-0.39, 0.29) is 24.5 Å². The van der Waals surface area contributed by atoms with E-state index in [0.717, 1.165) is 6.07 Å². The van der Waals surface area contributed by atoms with Crippen molar-refractivity contribution in [1.82, 2.24) is 9.21 Å². The highest BCUT2D eigenvalue weighted by atomic mass is 32.2. The third kappa shape index (κ3) is 3.14. The molecule has 0 atom stereocenters. The molecule has 2 N–H and O–H groups in total. The monoisotopic (exact) mass is 301 g/mol. The van der Waals surface area contributed by atoms with E-state index in [0.29, 0.717) is 13.1 Å². The largest absolute Gasteiger partial charge is 0.369 e. The molecule has 110 valence electrons. The van der Waals surface area contributed by atoms with E-state index in [2.05, 4.69) is 0 Å². The minimum atomic E-state index is -3.83. The Morgan fingerprint density at radius 3 is 2.35 bits per heavy atom. The first-order valence-corrected chi connectivity index (χ1v) is 7.60. The van der Waals surface area contributed by atoms with E-state index in [1.807, 2.05) is 0 Å². The molecule has 2 rings (SSSR count). The van der Waals surface area contributed by atoms with Crippen LogP contribution in [-0.2, 0) is 14.8 Å². The quantitative estimate of drug-likeness (QED) is 0.821. The third-order valence-corrected chi connectivity index (χ3v) is 5.10. The zero-order valence-electron chi connectivity index (χ0n) is 10.8. The number of rotatable bonds is 4. The molecule has 1 amide bonds. The van der Waals surface area contributed by atoms with E-state index in [9.17, 15) is 17.6 Å². The summed E-state index contributed by atoms with van der Waals surface area (Å²) in [4.78, 5) is 12.3. The number of sulfonamides is 1. The van der Waals surface area contributed by atoms with Crippen molar-refractivity contribution in [2.75, 3.05) is 32.7 Å². The van der Waals surface area contributed by atoms with Crippen molar-refractivity contribution in [2.45, 2.75) is 4.90 Å². The summed E-state index contributed by atoms with van der Waals surface area (Å²) in [5, 5.41) is 0. The molecule has 1 fully saturated rings. The number of halogens is 1. The van der Waals surface area contributed by atoms with Gasteiger partial charge >= 0.3 is 0 Å². The number of nitrogens with two attached hydrogens (primary N) is 1. The van der Waals surface area contributed by atoms with E-state index in [1.165, 1.54) is 22.5 Å². The lowest BCUT2D eigenvalue weighted by Gasteiger charge is -2.33. The summed E-state index contributed by atoms with van der Waals surface area (Å²) >= 11 is 0. The molecule has 20 heavy (non-hydrogen) atoms. The molecule has 0 unspecified atom stereocenters. The van der Waals surface area contributed by atoms with E-state index in [4.69, 9.17) is 5.73 Å². The van der Waals surface area contributed by atoms with Crippen molar-refractivity contribution < 1.29 is 17.6 Å². The van der Waals surface area contributed by atoms with Gasteiger partial charge < -0.3 is 5.73 Å². The molecule has 8 heteroatoms. The van der Waals surface area contributed by atoms with Crippen molar-refractivity contribution in [3.63, 3.8) is 0 Å². The second-order valence-corrected chi connectivity index (χ2v) is 6.48. The highest BCUT2D eigenvalue weighted by molar-refractivity contribution is 7.89. The molecule has 0 spiro atoms. The molecule has 1 aromatic carbocycles. The molecule has 1 saturated heterocycles. The summed E-state index contributed by atoms with van der Waals surface area (Å²) in [6.45, 7) is 1.33. The van der Waals surface area contributed by atoms with Gasteiger partial charge in [-0.25, -0.2) is 12.8 Å². The molecule has 0 bridgehead atoms. The molecule has 0 aliphatic carbocycles. The average Bonchev–Trinajstić information content (AvgIpc) is 2.39. The predicted molar refractivity (Wildman–Crippen MR) is 70.8 cm³/mol. The van der Waals surface area contributed by atoms with Crippen molar-refractivity contribution >= 4 is 15.9 Å². The standard InChI is InChI=1S/C12H16FN3O3S/c13-10-3-1-2-4-11(10)20(18,19)16-7-5-15(6-8-16)9-12(14)17/h1-4H,5-9H2,(H2,14,17). The molecular formula is C12H16FN3O3S. The van der Waals surface area contributed by atoms with Gasteiger partial charge in [0.15, 0.2) is 0 Å². The normalized spacial score (nSPS) is 18.1. The zero-order chi connectivity index (χ0) is 14.8. The SMILES string of the molecule is NC(=O)CN1CCN(S(=O)(=O)c2ccccc2F)CC1. The van der Waals surface area contributed by atoms with Crippen molar-refractivity contribution in [3.8, 4) is 0 Å². The van der Waals surface area contributed by atoms with Crippen LogP contribution in [0.5, 0.6) is 0 Å². The maximum absolute atomic E-state index is 13.6. The van der Waals surface area contributed by atoms with Crippen LogP contribution in [0.1, 0.15) is 0 Å². The number of benzene rings is 1. The lowest BCUT2D eigenvalue weighted by atomic mass is 10.3. The lowest BCUT2D eigenvalue weighted by Crippen LogP contribution is -2.50. The minimum absolute atomic E-state index is 0.105. The number of hydrogen-bond donors (Lipinski definition) is 1. The van der Waals surface area contributed by atoms with Gasteiger partial charge in [0.25, 0.3) is 0 Å². The van der Waals surface area contributed by atoms with Crippen LogP contribution in [-0.4, -0.2) is 56.3 Å². The number of piperazine rings is 1. The molecule has 0 saturated carbocycles. The number of carbonyl (C=O) groups excluding carboxylic acids is 1. The number of nitrogens with zero attached hydrogens (tertiary/aromatic N) is 2. The Kier molecular flexibility index (Phi) is 4.36. The van der Waals surface area contributed by atoms with Crippen LogP contribution in [0, 0.1) is 5.82 Å². The van der Waals surface area contributed by atoms with Crippen LogP contribution in [0.15, 0.2) is 29.2 Å². The van der Waals surface area contributed by atoms with Crippen molar-refractivity contribution in [1.29, 1.82) is 0 Å². The summed E-state index contributed by atoms with van der Waals surface area (Å²) in [7, 11) is -3.83. The Labute approximate surface area is 117 Å². The number of hydrogen-bond acceptors (Lipinski definition) is 4. The van der Waals surface area contributed by atoms with Crippen molar-refractivity contribution in [2.24, 2.45) is 5.73 Å². The van der Waals surface area contributed by atoms with Gasteiger partial charge in [-0.05, 0) is 12.1 Å². The molecule has 1 aliphatic heterocycles. The lowest BCUT2D eigenvalue weighted by molar-refractivity contribution is -0.119. The average molecular weight is 301 g/mol. The Bertz CT molecular complexity index is 598. The van der Waals surface area contributed by atoms with Gasteiger partial charge in [-0.3, -0.25) is 9.69 Å². The fourth-order valence-electron chi connectivity index (χ4n) is 2.14. The Morgan fingerprint density at radius 2 is 1.80 bits per heavy atom. The fraction of sp³-hybridized carbons (Fsp3) is 0.417. The summed E-state index contributed by atoms with van der Waals surface area (Å²) in [5.74, 6) is -1.21. The Hall–Kier alpha value is -1.51. The number of primary amides is 1. The number of carbonyl (C=O) groups is 1. The van der Waals surface area contributed by atoms with Gasteiger partial charge in [-0.1, -0.05) is 12.1 Å². The van der Waals surface area contributed by atoms with Gasteiger partial charge in [-0.15, -0.1) is 0 Å². The van der Waals surface area contributed by atoms with Crippen LogP contribution >= 0.6 is 0 Å². The smallest absolute Gasteiger partial charge is 0.246 e. The first-order valence-electron chi connectivity index (χ1n) is 6.16. The zero-order valence-corrected chi connectivity index (χ0v) is 11.6. The topological polar surface area (TPSA) is 83.7 Å².